The number of rotatable bonds is 8. The summed E-state index contributed by atoms with van der Waals surface area (Å²) < 4.78 is 25.2. The van der Waals surface area contributed by atoms with Crippen molar-refractivity contribution in [3.8, 4) is 11.5 Å². The minimum Gasteiger partial charge on any atom is -0.493 e. The van der Waals surface area contributed by atoms with Gasteiger partial charge in [0.25, 0.3) is 11.1 Å². The molecule has 3 amide bonds. The molecule has 0 radical (unpaired) electrons. The Bertz CT molecular complexity index is 1450. The number of carbonyl (C=O) groups excluding carboxylic acids is 3. The Morgan fingerprint density at radius 1 is 1.13 bits per heavy atom. The number of benzene rings is 3. The van der Waals surface area contributed by atoms with Crippen molar-refractivity contribution in [2.45, 2.75) is 6.61 Å². The highest BCUT2D eigenvalue weighted by atomic mass is 127. The molecule has 3 aromatic rings. The standard InChI is InChI=1S/C26H18Cl2FIN2O5S/c1-36-21-9-14(8-20(30)24(21)37-13-15-2-3-16(27)11-19(15)28)10-22-25(34)32(26(35)38-22)12-23(33)31-18-6-4-17(29)5-7-18/h2-11H,12-13H2,1H3,(H,31,33)/b22-10-. The number of hydrogen-bond donors (Lipinski definition) is 1. The molecule has 0 aromatic heterocycles. The lowest BCUT2D eigenvalue weighted by Gasteiger charge is -2.14. The topological polar surface area (TPSA) is 84.9 Å². The Kier molecular flexibility index (Phi) is 9.19. The van der Waals surface area contributed by atoms with E-state index in [0.29, 0.717) is 36.4 Å². The first kappa shape index (κ1) is 28.2. The third kappa shape index (κ3) is 6.79. The molecular formula is C26H18Cl2FIN2O5S. The Hall–Kier alpha value is -2.80. The third-order valence-electron chi connectivity index (χ3n) is 5.24. The Labute approximate surface area is 245 Å². The zero-order valence-electron chi connectivity index (χ0n) is 19.6. The lowest BCUT2D eigenvalue weighted by molar-refractivity contribution is -0.127. The molecule has 0 atom stereocenters. The molecular weight excluding hydrogens is 669 g/mol. The SMILES string of the molecule is COc1cc(/C=C2\SC(=O)N(CC(=O)Nc3ccc(F)cc3)C2=O)cc(I)c1OCc1ccc(Cl)cc1Cl. The average molecular weight is 687 g/mol. The first-order valence-electron chi connectivity index (χ1n) is 10.9. The maximum atomic E-state index is 13.1. The van der Waals surface area contributed by atoms with Gasteiger partial charge in [0.05, 0.1) is 15.6 Å². The van der Waals surface area contributed by atoms with Crippen LogP contribution in [-0.2, 0) is 16.2 Å². The van der Waals surface area contributed by atoms with Gasteiger partial charge in [-0.25, -0.2) is 4.39 Å². The molecule has 0 unspecified atom stereocenters. The van der Waals surface area contributed by atoms with Gasteiger partial charge in [0.1, 0.15) is 19.0 Å². The van der Waals surface area contributed by atoms with Gasteiger partial charge in [0, 0.05) is 21.3 Å². The van der Waals surface area contributed by atoms with Gasteiger partial charge in [-0.15, -0.1) is 0 Å². The van der Waals surface area contributed by atoms with E-state index in [4.69, 9.17) is 32.7 Å². The van der Waals surface area contributed by atoms with Crippen LogP contribution in [-0.4, -0.2) is 35.6 Å². The summed E-state index contributed by atoms with van der Waals surface area (Å²) >= 11 is 15.0. The molecule has 7 nitrogen and oxygen atoms in total. The van der Waals surface area contributed by atoms with E-state index in [0.717, 1.165) is 22.2 Å². The molecule has 1 heterocycles. The average Bonchev–Trinajstić information content (AvgIpc) is 3.12. The minimum atomic E-state index is -0.596. The summed E-state index contributed by atoms with van der Waals surface area (Å²) in [6, 6.07) is 13.7. The highest BCUT2D eigenvalue weighted by Crippen LogP contribution is 2.38. The fourth-order valence-corrected chi connectivity index (χ4v) is 5.50. The van der Waals surface area contributed by atoms with Gasteiger partial charge in [0.2, 0.25) is 5.91 Å². The van der Waals surface area contributed by atoms with Crippen LogP contribution in [0.5, 0.6) is 11.5 Å². The van der Waals surface area contributed by atoms with Crippen LogP contribution in [0.15, 0.2) is 59.5 Å². The molecule has 196 valence electrons. The number of imide groups is 1. The number of nitrogens with zero attached hydrogens (tertiary/aromatic N) is 1. The molecule has 3 aromatic carbocycles. The third-order valence-corrected chi connectivity index (χ3v) is 7.54. The molecule has 1 N–H and O–H groups in total. The van der Waals surface area contributed by atoms with Crippen LogP contribution in [0.1, 0.15) is 11.1 Å². The number of carbonyl (C=O) groups is 3. The lowest BCUT2D eigenvalue weighted by Crippen LogP contribution is -2.36. The second-order valence-corrected chi connectivity index (χ2v) is 10.9. The minimum absolute atomic E-state index is 0.157. The van der Waals surface area contributed by atoms with Gasteiger partial charge in [-0.05, 0) is 94.5 Å². The van der Waals surface area contributed by atoms with Crippen LogP contribution in [0.2, 0.25) is 10.0 Å². The van der Waals surface area contributed by atoms with E-state index in [2.05, 4.69) is 27.9 Å². The summed E-state index contributed by atoms with van der Waals surface area (Å²) in [5.74, 6) is -0.719. The number of anilines is 1. The van der Waals surface area contributed by atoms with E-state index >= 15 is 0 Å². The normalized spacial score (nSPS) is 14.2. The zero-order chi connectivity index (χ0) is 27.4. The monoisotopic (exact) mass is 686 g/mol. The van der Waals surface area contributed by atoms with E-state index in [-0.39, 0.29) is 11.5 Å². The van der Waals surface area contributed by atoms with E-state index in [1.54, 1.807) is 36.4 Å². The molecule has 4 rings (SSSR count). The molecule has 38 heavy (non-hydrogen) atoms. The van der Waals surface area contributed by atoms with Crippen LogP contribution >= 0.6 is 57.6 Å². The summed E-state index contributed by atoms with van der Waals surface area (Å²) in [7, 11) is 1.49. The largest absolute Gasteiger partial charge is 0.493 e. The lowest BCUT2D eigenvalue weighted by atomic mass is 10.1. The molecule has 12 heteroatoms. The van der Waals surface area contributed by atoms with Crippen LogP contribution in [0.4, 0.5) is 14.9 Å². The summed E-state index contributed by atoms with van der Waals surface area (Å²) in [5.41, 5.74) is 1.70. The zero-order valence-corrected chi connectivity index (χ0v) is 24.1. The van der Waals surface area contributed by atoms with E-state index < -0.39 is 29.4 Å². The maximum Gasteiger partial charge on any atom is 0.294 e. The number of thioether (sulfide) groups is 1. The molecule has 1 aliphatic heterocycles. The second kappa shape index (κ2) is 12.4. The number of methoxy groups -OCH3 is 1. The van der Waals surface area contributed by atoms with Gasteiger partial charge in [-0.3, -0.25) is 19.3 Å². The van der Waals surface area contributed by atoms with Crippen molar-refractivity contribution >= 4 is 86.4 Å². The maximum absolute atomic E-state index is 13.1. The van der Waals surface area contributed by atoms with Gasteiger partial charge < -0.3 is 14.8 Å². The van der Waals surface area contributed by atoms with Crippen molar-refractivity contribution in [2.75, 3.05) is 19.0 Å². The van der Waals surface area contributed by atoms with Crippen molar-refractivity contribution in [2.24, 2.45) is 0 Å². The molecule has 0 spiro atoms. The van der Waals surface area contributed by atoms with Gasteiger partial charge in [-0.2, -0.15) is 0 Å². The Morgan fingerprint density at radius 3 is 2.55 bits per heavy atom. The smallest absolute Gasteiger partial charge is 0.294 e. The van der Waals surface area contributed by atoms with Crippen LogP contribution < -0.4 is 14.8 Å². The van der Waals surface area contributed by atoms with Gasteiger partial charge in [0.15, 0.2) is 11.5 Å². The number of ether oxygens (including phenoxy) is 2. The van der Waals surface area contributed by atoms with Crippen molar-refractivity contribution < 1.29 is 28.2 Å². The summed E-state index contributed by atoms with van der Waals surface area (Å²) in [6.07, 6.45) is 1.55. The van der Waals surface area contributed by atoms with E-state index in [1.807, 2.05) is 0 Å². The Morgan fingerprint density at radius 2 is 1.87 bits per heavy atom. The highest BCUT2D eigenvalue weighted by Gasteiger charge is 2.36. The highest BCUT2D eigenvalue weighted by molar-refractivity contribution is 14.1. The van der Waals surface area contributed by atoms with Gasteiger partial charge >= 0.3 is 0 Å². The number of halogens is 4. The molecule has 0 aliphatic carbocycles. The summed E-state index contributed by atoms with van der Waals surface area (Å²) in [5, 5.41) is 2.96. The van der Waals surface area contributed by atoms with Gasteiger partial charge in [-0.1, -0.05) is 29.3 Å². The number of nitrogens with one attached hydrogen (secondary N) is 1. The summed E-state index contributed by atoms with van der Waals surface area (Å²) in [6.45, 7) is -0.291. The second-order valence-electron chi connectivity index (χ2n) is 7.88. The predicted octanol–water partition coefficient (Wildman–Crippen LogP) is 7.00. The quantitative estimate of drug-likeness (QED) is 0.203. The van der Waals surface area contributed by atoms with Crippen molar-refractivity contribution in [1.29, 1.82) is 0 Å². The van der Waals surface area contributed by atoms with Crippen molar-refractivity contribution in [1.82, 2.24) is 4.90 Å². The van der Waals surface area contributed by atoms with Crippen LogP contribution in [0.25, 0.3) is 6.08 Å². The predicted molar refractivity (Wildman–Crippen MR) is 154 cm³/mol. The van der Waals surface area contributed by atoms with Crippen LogP contribution in [0, 0.1) is 9.39 Å². The van der Waals surface area contributed by atoms with E-state index in [9.17, 15) is 18.8 Å². The number of amides is 3. The van der Waals surface area contributed by atoms with Crippen LogP contribution in [0.3, 0.4) is 0 Å². The van der Waals surface area contributed by atoms with Crippen molar-refractivity contribution in [3.05, 3.63) is 90.1 Å². The molecule has 1 saturated heterocycles. The molecule has 1 fully saturated rings. The number of hydrogen-bond acceptors (Lipinski definition) is 6. The first-order valence-corrected chi connectivity index (χ1v) is 13.5. The Balaban J connectivity index is 1.47. The fraction of sp³-hybridized carbons (Fsp3) is 0.115. The fourth-order valence-electron chi connectivity index (χ4n) is 3.42. The van der Waals surface area contributed by atoms with E-state index in [1.165, 1.54) is 31.4 Å². The molecule has 0 bridgehead atoms. The van der Waals surface area contributed by atoms with Crippen molar-refractivity contribution in [3.63, 3.8) is 0 Å². The summed E-state index contributed by atoms with van der Waals surface area (Å²) in [4.78, 5) is 38.7. The molecule has 1 aliphatic rings. The first-order chi connectivity index (χ1) is 18.1. The molecule has 0 saturated carbocycles.